The molecule has 64 heavy (non-hydrogen) atoms. The molecule has 1 N–H and O–H groups in total. The molecule has 0 radical (unpaired) electrons. The van der Waals surface area contributed by atoms with Crippen LogP contribution < -0.4 is 0 Å². The lowest BCUT2D eigenvalue weighted by atomic mass is 10.0. The molecule has 0 rings (SSSR count). The first kappa shape index (κ1) is 61.9. The number of hydrogen-bond donors (Lipinski definition) is 1. The molecule has 1 atom stereocenters. The molecule has 0 aromatic heterocycles. The van der Waals surface area contributed by atoms with E-state index in [-0.39, 0.29) is 25.2 Å². The quantitative estimate of drug-likeness (QED) is 0.0374. The maximum Gasteiger partial charge on any atom is 0.306 e. The SMILES string of the molecule is CCCCCCC/C=C\C/C=C\CCCCCCCCCCCCCCCCCCCC(=O)OC(CO)COC(=O)CCCCCCCCCCC/C=C\C/C=C\CCCCCCC. The zero-order valence-corrected chi connectivity index (χ0v) is 42.8. The lowest BCUT2D eigenvalue weighted by Gasteiger charge is -2.15. The maximum absolute atomic E-state index is 12.3. The van der Waals surface area contributed by atoms with Gasteiger partial charge in [-0.1, -0.05) is 255 Å². The predicted octanol–water partition coefficient (Wildman–Crippen LogP) is 18.9. The summed E-state index contributed by atoms with van der Waals surface area (Å²) < 4.78 is 10.7. The number of ether oxygens (including phenoxy) is 2. The third-order valence-electron chi connectivity index (χ3n) is 12.6. The average molecular weight is 898 g/mol. The van der Waals surface area contributed by atoms with Crippen LogP contribution in [0, 0.1) is 0 Å². The van der Waals surface area contributed by atoms with Crippen molar-refractivity contribution in [3.05, 3.63) is 48.6 Å². The van der Waals surface area contributed by atoms with E-state index in [2.05, 4.69) is 62.5 Å². The zero-order valence-electron chi connectivity index (χ0n) is 42.8. The zero-order chi connectivity index (χ0) is 46.3. The fourth-order valence-electron chi connectivity index (χ4n) is 8.32. The summed E-state index contributed by atoms with van der Waals surface area (Å²) in [7, 11) is 0. The van der Waals surface area contributed by atoms with Gasteiger partial charge in [-0.25, -0.2) is 0 Å². The van der Waals surface area contributed by atoms with E-state index in [0.717, 1.165) is 51.4 Å². The van der Waals surface area contributed by atoms with Crippen LogP contribution in [0.1, 0.15) is 296 Å². The first-order valence-corrected chi connectivity index (χ1v) is 28.2. The monoisotopic (exact) mass is 897 g/mol. The van der Waals surface area contributed by atoms with E-state index in [9.17, 15) is 14.7 Å². The van der Waals surface area contributed by atoms with E-state index in [1.54, 1.807) is 0 Å². The fourth-order valence-corrected chi connectivity index (χ4v) is 8.32. The Hall–Kier alpha value is -2.14. The summed E-state index contributed by atoms with van der Waals surface area (Å²) in [6, 6.07) is 0. The van der Waals surface area contributed by atoms with Crippen LogP contribution in [0.5, 0.6) is 0 Å². The van der Waals surface area contributed by atoms with Crippen molar-refractivity contribution in [2.24, 2.45) is 0 Å². The number of rotatable bonds is 52. The van der Waals surface area contributed by atoms with Gasteiger partial charge >= 0.3 is 11.9 Å². The molecule has 0 aliphatic rings. The number of hydrogen-bond acceptors (Lipinski definition) is 5. The van der Waals surface area contributed by atoms with Crippen molar-refractivity contribution in [2.75, 3.05) is 13.2 Å². The van der Waals surface area contributed by atoms with E-state index in [4.69, 9.17) is 9.47 Å². The smallest absolute Gasteiger partial charge is 0.306 e. The Labute approximate surface area is 398 Å². The van der Waals surface area contributed by atoms with E-state index in [1.165, 1.54) is 218 Å². The summed E-state index contributed by atoms with van der Waals surface area (Å²) in [5.41, 5.74) is 0. The van der Waals surface area contributed by atoms with Crippen LogP contribution in [0.4, 0.5) is 0 Å². The molecule has 374 valence electrons. The second kappa shape index (κ2) is 55.2. The summed E-state index contributed by atoms with van der Waals surface area (Å²) in [5, 5.41) is 9.65. The Kier molecular flexibility index (Phi) is 53.3. The number of carbonyl (C=O) groups is 2. The summed E-state index contributed by atoms with van der Waals surface area (Å²) >= 11 is 0. The van der Waals surface area contributed by atoms with E-state index in [0.29, 0.717) is 12.8 Å². The van der Waals surface area contributed by atoms with Crippen molar-refractivity contribution in [3.63, 3.8) is 0 Å². The molecule has 0 saturated heterocycles. The molecule has 0 aromatic rings. The number of unbranched alkanes of at least 4 members (excludes halogenated alkanes) is 36. The molecule has 5 nitrogen and oxygen atoms in total. The molecule has 0 aliphatic carbocycles. The van der Waals surface area contributed by atoms with Crippen molar-refractivity contribution in [3.8, 4) is 0 Å². The number of carbonyl (C=O) groups excluding carboxylic acids is 2. The van der Waals surface area contributed by atoms with Crippen LogP contribution in [0.2, 0.25) is 0 Å². The van der Waals surface area contributed by atoms with Crippen molar-refractivity contribution in [1.29, 1.82) is 0 Å². The highest BCUT2D eigenvalue weighted by Gasteiger charge is 2.16. The Morgan fingerprint density at radius 2 is 0.625 bits per heavy atom. The molecule has 0 amide bonds. The Bertz CT molecular complexity index is 1060. The summed E-state index contributed by atoms with van der Waals surface area (Å²) in [5.74, 6) is -0.583. The first-order chi connectivity index (χ1) is 31.6. The van der Waals surface area contributed by atoms with Gasteiger partial charge in [0, 0.05) is 12.8 Å². The molecular formula is C59H108O5. The van der Waals surface area contributed by atoms with Gasteiger partial charge in [0.25, 0.3) is 0 Å². The average Bonchev–Trinajstić information content (AvgIpc) is 3.30. The van der Waals surface area contributed by atoms with Crippen LogP contribution in [-0.2, 0) is 19.1 Å². The number of esters is 2. The molecular weight excluding hydrogens is 789 g/mol. The second-order valence-electron chi connectivity index (χ2n) is 19.0. The molecule has 1 unspecified atom stereocenters. The molecule has 0 aliphatic heterocycles. The van der Waals surface area contributed by atoms with Crippen molar-refractivity contribution >= 4 is 11.9 Å². The maximum atomic E-state index is 12.3. The largest absolute Gasteiger partial charge is 0.462 e. The normalized spacial score (nSPS) is 12.5. The van der Waals surface area contributed by atoms with Crippen LogP contribution in [-0.4, -0.2) is 36.4 Å². The fraction of sp³-hybridized carbons (Fsp3) is 0.831. The van der Waals surface area contributed by atoms with Crippen LogP contribution >= 0.6 is 0 Å². The molecule has 0 heterocycles. The molecule has 0 spiro atoms. The van der Waals surface area contributed by atoms with Gasteiger partial charge < -0.3 is 14.6 Å². The molecule has 0 saturated carbocycles. The van der Waals surface area contributed by atoms with Gasteiger partial charge in [0.1, 0.15) is 6.61 Å². The Balaban J connectivity index is 3.46. The molecule has 0 aromatic carbocycles. The van der Waals surface area contributed by atoms with Gasteiger partial charge in [-0.15, -0.1) is 0 Å². The first-order valence-electron chi connectivity index (χ1n) is 28.2. The van der Waals surface area contributed by atoms with E-state index in [1.807, 2.05) is 0 Å². The van der Waals surface area contributed by atoms with Crippen molar-refractivity contribution in [1.82, 2.24) is 0 Å². The number of allylic oxidation sites excluding steroid dienone is 8. The minimum absolute atomic E-state index is 0.0657. The van der Waals surface area contributed by atoms with E-state index >= 15 is 0 Å². The van der Waals surface area contributed by atoms with Gasteiger partial charge in [-0.2, -0.15) is 0 Å². The lowest BCUT2D eigenvalue weighted by Crippen LogP contribution is -2.28. The minimum Gasteiger partial charge on any atom is -0.462 e. The molecule has 0 bridgehead atoms. The van der Waals surface area contributed by atoms with Gasteiger partial charge in [0.15, 0.2) is 6.10 Å². The highest BCUT2D eigenvalue weighted by Crippen LogP contribution is 2.16. The molecule has 5 heteroatoms. The summed E-state index contributed by atoms with van der Waals surface area (Å²) in [4.78, 5) is 24.5. The van der Waals surface area contributed by atoms with Crippen molar-refractivity contribution < 1.29 is 24.2 Å². The highest BCUT2D eigenvalue weighted by atomic mass is 16.6. The molecule has 0 fully saturated rings. The van der Waals surface area contributed by atoms with Crippen molar-refractivity contribution in [2.45, 2.75) is 302 Å². The van der Waals surface area contributed by atoms with Gasteiger partial charge in [-0.3, -0.25) is 9.59 Å². The summed E-state index contributed by atoms with van der Waals surface area (Å²) in [6.45, 7) is 4.15. The third kappa shape index (κ3) is 52.5. The highest BCUT2D eigenvalue weighted by molar-refractivity contribution is 5.70. The standard InChI is InChI=1S/C59H108O5/c1-3-5-7-9-11-13-15-17-19-21-23-25-26-27-28-29-30-31-32-34-36-38-40-42-44-46-48-50-52-54-59(62)64-57(55-60)56-63-58(61)53-51-49-47-45-43-41-39-37-35-33-24-22-20-18-16-14-12-10-8-6-4-2/h15-18,21-24,57,60H,3-14,19-20,25-56H2,1-2H3/b17-15-,18-16-,23-21-,24-22-. The second-order valence-corrected chi connectivity index (χ2v) is 19.0. The predicted molar refractivity (Wildman–Crippen MR) is 279 cm³/mol. The number of aliphatic hydroxyl groups is 1. The lowest BCUT2D eigenvalue weighted by molar-refractivity contribution is -0.161. The van der Waals surface area contributed by atoms with Crippen LogP contribution in [0.3, 0.4) is 0 Å². The Morgan fingerprint density at radius 3 is 0.922 bits per heavy atom. The van der Waals surface area contributed by atoms with Crippen LogP contribution in [0.25, 0.3) is 0 Å². The topological polar surface area (TPSA) is 72.8 Å². The van der Waals surface area contributed by atoms with Gasteiger partial charge in [-0.05, 0) is 77.0 Å². The third-order valence-corrected chi connectivity index (χ3v) is 12.6. The minimum atomic E-state index is -0.774. The van der Waals surface area contributed by atoms with Crippen LogP contribution in [0.15, 0.2) is 48.6 Å². The van der Waals surface area contributed by atoms with Gasteiger partial charge in [0.2, 0.25) is 0 Å². The summed E-state index contributed by atoms with van der Waals surface area (Å²) in [6.07, 6.45) is 72.2. The van der Waals surface area contributed by atoms with Gasteiger partial charge in [0.05, 0.1) is 6.61 Å². The number of aliphatic hydroxyl groups excluding tert-OH is 1. The van der Waals surface area contributed by atoms with E-state index < -0.39 is 6.10 Å². The Morgan fingerprint density at radius 1 is 0.359 bits per heavy atom.